The van der Waals surface area contributed by atoms with Gasteiger partial charge in [-0.05, 0) is 56.0 Å². The fraction of sp³-hybridized carbons (Fsp3) is 0.417. The average Bonchev–Trinajstić information content (AvgIpc) is 3.49. The third kappa shape index (κ3) is 5.19. The molecule has 1 amide bonds. The molecule has 3 aromatic rings. The first kappa shape index (κ1) is 25.9. The van der Waals surface area contributed by atoms with Gasteiger partial charge in [-0.25, -0.2) is 17.5 Å². The predicted molar refractivity (Wildman–Crippen MR) is 129 cm³/mol. The first-order valence-corrected chi connectivity index (χ1v) is 13.6. The molecule has 1 saturated carbocycles. The summed E-state index contributed by atoms with van der Waals surface area (Å²) in [5.41, 5.74) is -0.126. The number of rotatable bonds is 6. The molecule has 198 valence electrons. The summed E-state index contributed by atoms with van der Waals surface area (Å²) in [6, 6.07) is 5.70. The predicted octanol–water partition coefficient (Wildman–Crippen LogP) is 4.83. The van der Waals surface area contributed by atoms with Gasteiger partial charge >= 0.3 is 6.18 Å². The minimum Gasteiger partial charge on any atom is -0.297 e. The lowest BCUT2D eigenvalue weighted by Gasteiger charge is -2.20. The minimum absolute atomic E-state index is 0.0399. The Balaban J connectivity index is 1.38. The van der Waals surface area contributed by atoms with Crippen LogP contribution in [0.2, 0.25) is 5.02 Å². The van der Waals surface area contributed by atoms with Crippen LogP contribution in [0.15, 0.2) is 30.3 Å². The number of carbonyl (C=O) groups is 1. The van der Waals surface area contributed by atoms with Gasteiger partial charge in [-0.1, -0.05) is 11.6 Å². The number of alkyl halides is 3. The third-order valence-electron chi connectivity index (χ3n) is 6.78. The van der Waals surface area contributed by atoms with Crippen LogP contribution in [0.1, 0.15) is 52.5 Å². The first-order valence-electron chi connectivity index (χ1n) is 11.7. The lowest BCUT2D eigenvalue weighted by atomic mass is 10.1. The number of halogens is 5. The molecule has 7 nitrogen and oxygen atoms in total. The Labute approximate surface area is 215 Å². The fourth-order valence-corrected chi connectivity index (χ4v) is 6.26. The summed E-state index contributed by atoms with van der Waals surface area (Å²) >= 11 is 5.95. The number of nitrogens with one attached hydrogen (secondary N) is 1. The van der Waals surface area contributed by atoms with Crippen molar-refractivity contribution < 1.29 is 30.8 Å². The van der Waals surface area contributed by atoms with E-state index in [-0.39, 0.29) is 23.2 Å². The maximum absolute atomic E-state index is 15.0. The van der Waals surface area contributed by atoms with Gasteiger partial charge in [-0.3, -0.25) is 14.4 Å². The number of hydrogen-bond donors (Lipinski definition) is 1. The molecule has 1 N–H and O–H groups in total. The van der Waals surface area contributed by atoms with Crippen molar-refractivity contribution in [1.29, 1.82) is 0 Å². The molecule has 1 aliphatic carbocycles. The van der Waals surface area contributed by atoms with Crippen molar-refractivity contribution in [3.05, 3.63) is 63.6 Å². The Hall–Kier alpha value is -2.70. The Kier molecular flexibility index (Phi) is 6.48. The highest BCUT2D eigenvalue weighted by molar-refractivity contribution is 7.91. The zero-order chi connectivity index (χ0) is 26.7. The van der Waals surface area contributed by atoms with Gasteiger partial charge in [-0.15, -0.1) is 0 Å². The number of nitrogens with zero attached hydrogens (tertiary/aromatic N) is 3. The number of fused-ring (bicyclic) bond motifs is 1. The highest BCUT2D eigenvalue weighted by Crippen LogP contribution is 2.36. The lowest BCUT2D eigenvalue weighted by Crippen LogP contribution is -2.33. The van der Waals surface area contributed by atoms with Crippen LogP contribution in [-0.2, 0) is 22.7 Å². The van der Waals surface area contributed by atoms with E-state index in [0.717, 1.165) is 12.1 Å². The van der Waals surface area contributed by atoms with E-state index < -0.39 is 44.3 Å². The maximum Gasteiger partial charge on any atom is 0.416 e. The second kappa shape index (κ2) is 9.25. The van der Waals surface area contributed by atoms with Crippen molar-refractivity contribution in [2.45, 2.75) is 50.2 Å². The summed E-state index contributed by atoms with van der Waals surface area (Å²) in [4.78, 5) is 14.4. The highest BCUT2D eigenvalue weighted by atomic mass is 35.5. The molecule has 1 saturated heterocycles. The molecule has 2 fully saturated rings. The van der Waals surface area contributed by atoms with E-state index in [1.807, 2.05) is 9.62 Å². The van der Waals surface area contributed by atoms with Crippen LogP contribution in [-0.4, -0.2) is 47.3 Å². The van der Waals surface area contributed by atoms with E-state index in [9.17, 15) is 30.8 Å². The Bertz CT molecular complexity index is 1500. The molecule has 0 bridgehead atoms. The van der Waals surface area contributed by atoms with Crippen LogP contribution in [0, 0.1) is 12.7 Å². The molecule has 1 aromatic heterocycles. The molecular formula is C24H23ClF4N4O3S. The minimum atomic E-state index is -4.51. The van der Waals surface area contributed by atoms with Crippen molar-refractivity contribution in [2.24, 2.45) is 0 Å². The molecule has 13 heteroatoms. The van der Waals surface area contributed by atoms with Crippen LogP contribution in [0.4, 0.5) is 17.6 Å². The van der Waals surface area contributed by atoms with Crippen LogP contribution >= 0.6 is 11.6 Å². The topological polar surface area (TPSA) is 84.3 Å². The number of hydrogen-bond acceptors (Lipinski definition) is 5. The number of benzene rings is 2. The van der Waals surface area contributed by atoms with Crippen LogP contribution in [0.3, 0.4) is 0 Å². The summed E-state index contributed by atoms with van der Waals surface area (Å²) < 4.78 is 83.1. The molecule has 2 aliphatic rings. The van der Waals surface area contributed by atoms with Gasteiger partial charge in [0.05, 0.1) is 33.6 Å². The quantitative estimate of drug-likeness (QED) is 0.438. The van der Waals surface area contributed by atoms with Gasteiger partial charge in [0.15, 0.2) is 0 Å². The number of carbonyl (C=O) groups excluding carboxylic acids is 1. The number of aromatic nitrogens is 2. The molecule has 5 rings (SSSR count). The smallest absolute Gasteiger partial charge is 0.297 e. The van der Waals surface area contributed by atoms with Crippen molar-refractivity contribution in [3.63, 3.8) is 0 Å². The summed E-state index contributed by atoms with van der Waals surface area (Å²) in [5, 5.41) is 4.59. The molecular weight excluding hydrogens is 536 g/mol. The van der Waals surface area contributed by atoms with Gasteiger partial charge < -0.3 is 0 Å². The molecule has 0 radical (unpaired) electrons. The molecule has 1 atom stereocenters. The molecule has 1 aliphatic heterocycles. The van der Waals surface area contributed by atoms with Crippen LogP contribution < -0.4 is 4.72 Å². The SMILES string of the molecule is Cc1nn(C2CCN(Cc3cc(Cl)ccc3C(F)(F)F)C2)c2cc(F)c(C(=O)NS(=O)(=O)C3CC3)cc12. The Morgan fingerprint density at radius 3 is 2.59 bits per heavy atom. The van der Waals surface area contributed by atoms with Gasteiger partial charge in [0.2, 0.25) is 10.0 Å². The normalized spacial score (nSPS) is 19.0. The van der Waals surface area contributed by atoms with Crippen LogP contribution in [0.25, 0.3) is 10.9 Å². The third-order valence-corrected chi connectivity index (χ3v) is 8.84. The lowest BCUT2D eigenvalue weighted by molar-refractivity contribution is -0.138. The molecule has 37 heavy (non-hydrogen) atoms. The van der Waals surface area contributed by atoms with Crippen LogP contribution in [0.5, 0.6) is 0 Å². The number of likely N-dealkylation sites (tertiary alicyclic amines) is 1. The Morgan fingerprint density at radius 1 is 1.19 bits per heavy atom. The van der Waals surface area contributed by atoms with Gasteiger partial charge in [0.1, 0.15) is 5.82 Å². The van der Waals surface area contributed by atoms with E-state index >= 15 is 0 Å². The summed E-state index contributed by atoms with van der Waals surface area (Å²) in [6.45, 7) is 2.60. The number of sulfonamides is 1. The van der Waals surface area contributed by atoms with Gasteiger partial charge in [0.25, 0.3) is 5.91 Å². The Morgan fingerprint density at radius 2 is 1.92 bits per heavy atom. The fourth-order valence-electron chi connectivity index (χ4n) is 4.78. The molecule has 2 heterocycles. The van der Waals surface area contributed by atoms with Crippen molar-refractivity contribution in [3.8, 4) is 0 Å². The van der Waals surface area contributed by atoms with Crippen molar-refractivity contribution in [2.75, 3.05) is 13.1 Å². The second-order valence-corrected chi connectivity index (χ2v) is 11.9. The van der Waals surface area contributed by atoms with E-state index in [4.69, 9.17) is 11.6 Å². The highest BCUT2D eigenvalue weighted by Gasteiger charge is 2.38. The van der Waals surface area contributed by atoms with E-state index in [0.29, 0.717) is 48.9 Å². The first-order chi connectivity index (χ1) is 17.3. The maximum atomic E-state index is 15.0. The molecule has 0 spiro atoms. The molecule has 2 aromatic carbocycles. The summed E-state index contributed by atoms with van der Waals surface area (Å²) in [5.74, 6) is -1.92. The monoisotopic (exact) mass is 558 g/mol. The second-order valence-electron chi connectivity index (χ2n) is 9.53. The van der Waals surface area contributed by atoms with Crippen molar-refractivity contribution in [1.82, 2.24) is 19.4 Å². The standard InChI is InChI=1S/C24H23ClF4N4O3S/c1-13-18-9-19(23(34)31-37(35,36)17-3-4-17)21(26)10-22(18)33(30-13)16-6-7-32(12-16)11-14-8-15(25)2-5-20(14)24(27,28)29/h2,5,8-10,16-17H,3-4,6-7,11-12H2,1H3,(H,31,34). The van der Waals surface area contributed by atoms with Gasteiger partial charge in [0, 0.05) is 36.1 Å². The van der Waals surface area contributed by atoms with Gasteiger partial charge in [-0.2, -0.15) is 18.3 Å². The average molecular weight is 559 g/mol. The zero-order valence-electron chi connectivity index (χ0n) is 19.6. The number of aryl methyl sites for hydroxylation is 1. The van der Waals surface area contributed by atoms with E-state index in [1.165, 1.54) is 18.2 Å². The zero-order valence-corrected chi connectivity index (χ0v) is 21.2. The largest absolute Gasteiger partial charge is 0.416 e. The van der Waals surface area contributed by atoms with E-state index in [2.05, 4.69) is 5.10 Å². The van der Waals surface area contributed by atoms with Crippen molar-refractivity contribution >= 4 is 38.4 Å². The van der Waals surface area contributed by atoms with E-state index in [1.54, 1.807) is 11.6 Å². The summed E-state index contributed by atoms with van der Waals surface area (Å²) in [7, 11) is -3.84. The number of amides is 1. The summed E-state index contributed by atoms with van der Waals surface area (Å²) in [6.07, 6.45) is -3.01. The molecule has 1 unspecified atom stereocenters.